The van der Waals surface area contributed by atoms with E-state index in [0.717, 1.165) is 6.42 Å². The average molecular weight is 270 g/mol. The normalized spacial score (nSPS) is 17.1. The number of benzene rings is 1. The van der Waals surface area contributed by atoms with Crippen LogP contribution < -0.4 is 4.74 Å². The minimum Gasteiger partial charge on any atom is -0.495 e. The minimum absolute atomic E-state index is 0.414. The molecule has 98 valence electrons. The minimum atomic E-state index is -0.974. The molecule has 18 heavy (non-hydrogen) atoms. The highest BCUT2D eigenvalue weighted by atomic mass is 32.2. The summed E-state index contributed by atoms with van der Waals surface area (Å²) in [5.41, 5.74) is -0.508. The Kier molecular flexibility index (Phi) is 3.52. The van der Waals surface area contributed by atoms with Gasteiger partial charge in [-0.15, -0.1) is 11.8 Å². The monoisotopic (exact) mass is 270 g/mol. The van der Waals surface area contributed by atoms with Gasteiger partial charge < -0.3 is 9.84 Å². The van der Waals surface area contributed by atoms with Gasteiger partial charge in [-0.3, -0.25) is 4.79 Å². The van der Waals surface area contributed by atoms with Crippen LogP contribution in [0.25, 0.3) is 0 Å². The molecule has 0 amide bonds. The quantitative estimate of drug-likeness (QED) is 0.854. The van der Waals surface area contributed by atoms with E-state index in [1.165, 1.54) is 31.0 Å². The van der Waals surface area contributed by atoms with Crippen molar-refractivity contribution in [3.63, 3.8) is 0 Å². The summed E-state index contributed by atoms with van der Waals surface area (Å²) in [6.07, 6.45) is 3.74. The van der Waals surface area contributed by atoms with Gasteiger partial charge in [0.05, 0.1) is 17.4 Å². The number of thioether (sulfide) groups is 1. The number of ether oxygens (including phenoxy) is 1. The summed E-state index contributed by atoms with van der Waals surface area (Å²) in [7, 11) is 1.49. The molecule has 1 aromatic rings. The van der Waals surface area contributed by atoms with Crippen LogP contribution in [0.15, 0.2) is 17.0 Å². The fraction of sp³-hybridized carbons (Fsp3) is 0.462. The Hall–Kier alpha value is -1.23. The van der Waals surface area contributed by atoms with Crippen molar-refractivity contribution < 1.29 is 19.0 Å². The first-order chi connectivity index (χ1) is 8.55. The van der Waals surface area contributed by atoms with Crippen LogP contribution in [0.5, 0.6) is 5.75 Å². The second kappa shape index (κ2) is 4.80. The molecule has 0 atom stereocenters. The van der Waals surface area contributed by atoms with Crippen LogP contribution in [-0.2, 0) is 10.2 Å². The van der Waals surface area contributed by atoms with Gasteiger partial charge in [-0.25, -0.2) is 4.39 Å². The highest BCUT2D eigenvalue weighted by Crippen LogP contribution is 2.49. The zero-order chi connectivity index (χ0) is 13.3. The van der Waals surface area contributed by atoms with E-state index in [1.807, 2.05) is 6.26 Å². The third-order valence-corrected chi connectivity index (χ3v) is 4.32. The summed E-state index contributed by atoms with van der Waals surface area (Å²) in [5, 5.41) is 9.43. The Morgan fingerprint density at radius 3 is 2.56 bits per heavy atom. The predicted molar refractivity (Wildman–Crippen MR) is 67.9 cm³/mol. The van der Waals surface area contributed by atoms with Gasteiger partial charge in [0.25, 0.3) is 0 Å². The largest absolute Gasteiger partial charge is 0.495 e. The van der Waals surface area contributed by atoms with Crippen molar-refractivity contribution >= 4 is 17.7 Å². The number of methoxy groups -OCH3 is 1. The summed E-state index contributed by atoms with van der Waals surface area (Å²) in [6, 6.07) is 2.67. The van der Waals surface area contributed by atoms with Gasteiger partial charge >= 0.3 is 5.97 Å². The van der Waals surface area contributed by atoms with Gasteiger partial charge in [-0.05, 0) is 31.2 Å². The first-order valence-electron chi connectivity index (χ1n) is 5.70. The van der Waals surface area contributed by atoms with E-state index in [-0.39, 0.29) is 0 Å². The topological polar surface area (TPSA) is 46.5 Å². The van der Waals surface area contributed by atoms with E-state index in [1.54, 1.807) is 0 Å². The summed E-state index contributed by atoms with van der Waals surface area (Å²) in [6.45, 7) is 0. The number of aliphatic carboxylic acids is 1. The van der Waals surface area contributed by atoms with E-state index < -0.39 is 17.2 Å². The molecule has 0 bridgehead atoms. The van der Waals surface area contributed by atoms with E-state index >= 15 is 0 Å². The number of carbonyl (C=O) groups is 1. The fourth-order valence-electron chi connectivity index (χ4n) is 2.41. The lowest BCUT2D eigenvalue weighted by molar-refractivity contribution is -0.147. The van der Waals surface area contributed by atoms with Crippen molar-refractivity contribution in [2.75, 3.05) is 13.4 Å². The van der Waals surface area contributed by atoms with E-state index in [9.17, 15) is 14.3 Å². The maximum absolute atomic E-state index is 13.6. The van der Waals surface area contributed by atoms with E-state index in [2.05, 4.69) is 0 Å². The van der Waals surface area contributed by atoms with E-state index in [4.69, 9.17) is 4.74 Å². The Labute approximate surface area is 109 Å². The molecule has 0 heterocycles. The molecule has 1 fully saturated rings. The predicted octanol–water partition coefficient (Wildman–Crippen LogP) is 3.06. The summed E-state index contributed by atoms with van der Waals surface area (Å²) in [5.74, 6) is -0.821. The highest BCUT2D eigenvalue weighted by molar-refractivity contribution is 7.98. The molecule has 5 heteroatoms. The van der Waals surface area contributed by atoms with Crippen molar-refractivity contribution in [1.82, 2.24) is 0 Å². The Bertz CT molecular complexity index is 483. The van der Waals surface area contributed by atoms with Crippen LogP contribution in [0.3, 0.4) is 0 Å². The zero-order valence-electron chi connectivity index (χ0n) is 10.3. The molecule has 2 rings (SSSR count). The summed E-state index contributed by atoms with van der Waals surface area (Å²) >= 11 is 1.35. The molecule has 0 aromatic heterocycles. The molecule has 3 nitrogen and oxygen atoms in total. The molecular weight excluding hydrogens is 255 g/mol. The molecule has 1 saturated carbocycles. The molecular formula is C13H15FO3S. The van der Waals surface area contributed by atoms with Crippen molar-refractivity contribution in [2.24, 2.45) is 0 Å². The number of hydrogen-bond acceptors (Lipinski definition) is 3. The lowest BCUT2D eigenvalue weighted by Gasteiger charge is -2.39. The van der Waals surface area contributed by atoms with Crippen LogP contribution in [0.4, 0.5) is 4.39 Å². The summed E-state index contributed by atoms with van der Waals surface area (Å²) < 4.78 is 18.9. The lowest BCUT2D eigenvalue weighted by Crippen LogP contribution is -2.42. The van der Waals surface area contributed by atoms with Crippen molar-refractivity contribution in [3.05, 3.63) is 23.5 Å². The van der Waals surface area contributed by atoms with Gasteiger partial charge in [-0.2, -0.15) is 0 Å². The molecule has 1 N–H and O–H groups in total. The molecule has 0 aliphatic heterocycles. The molecule has 0 saturated heterocycles. The maximum atomic E-state index is 13.6. The van der Waals surface area contributed by atoms with Crippen LogP contribution in [0.2, 0.25) is 0 Å². The van der Waals surface area contributed by atoms with Gasteiger partial charge in [0.1, 0.15) is 11.6 Å². The standard InChI is InChI=1S/C13H15FO3S/c1-17-11-9(6-8(14)7-10(11)18-2)13(12(15)16)4-3-5-13/h6-7H,3-5H2,1-2H3,(H,15,16). The number of rotatable bonds is 4. The smallest absolute Gasteiger partial charge is 0.314 e. The Morgan fingerprint density at radius 2 is 2.17 bits per heavy atom. The number of halogens is 1. The fourth-order valence-corrected chi connectivity index (χ4v) is 3.02. The molecule has 1 aliphatic carbocycles. The Balaban J connectivity index is 2.62. The van der Waals surface area contributed by atoms with Crippen LogP contribution in [-0.4, -0.2) is 24.4 Å². The number of carboxylic acids is 1. The second-order valence-corrected chi connectivity index (χ2v) is 5.28. The van der Waals surface area contributed by atoms with Crippen LogP contribution >= 0.6 is 11.8 Å². The molecule has 1 aliphatic rings. The number of hydrogen-bond donors (Lipinski definition) is 1. The number of carboxylic acid groups (broad SMARTS) is 1. The molecule has 0 radical (unpaired) electrons. The van der Waals surface area contributed by atoms with Crippen molar-refractivity contribution in [2.45, 2.75) is 29.6 Å². The summed E-state index contributed by atoms with van der Waals surface area (Å²) in [4.78, 5) is 12.1. The van der Waals surface area contributed by atoms with Crippen molar-refractivity contribution in [3.8, 4) is 5.75 Å². The third-order valence-electron chi connectivity index (χ3n) is 3.58. The van der Waals surface area contributed by atoms with Gasteiger partial charge in [0.15, 0.2) is 0 Å². The molecule has 0 spiro atoms. The zero-order valence-corrected chi connectivity index (χ0v) is 11.1. The van der Waals surface area contributed by atoms with E-state index in [0.29, 0.717) is 29.1 Å². The molecule has 0 unspecified atom stereocenters. The van der Waals surface area contributed by atoms with Gasteiger partial charge in [-0.1, -0.05) is 6.42 Å². The van der Waals surface area contributed by atoms with Crippen molar-refractivity contribution in [1.29, 1.82) is 0 Å². The molecule has 1 aromatic carbocycles. The van der Waals surface area contributed by atoms with Crippen LogP contribution in [0, 0.1) is 5.82 Å². The average Bonchev–Trinajstić information content (AvgIpc) is 2.26. The second-order valence-electron chi connectivity index (χ2n) is 4.43. The first kappa shape index (κ1) is 13.2. The first-order valence-corrected chi connectivity index (χ1v) is 6.93. The third kappa shape index (κ3) is 1.86. The van der Waals surface area contributed by atoms with Gasteiger partial charge in [0, 0.05) is 5.56 Å². The highest BCUT2D eigenvalue weighted by Gasteiger charge is 2.48. The SMILES string of the molecule is COc1c(SC)cc(F)cc1C1(C(=O)O)CCC1. The lowest BCUT2D eigenvalue weighted by atomic mass is 9.64. The Morgan fingerprint density at radius 1 is 1.50 bits per heavy atom. The maximum Gasteiger partial charge on any atom is 0.314 e. The van der Waals surface area contributed by atoms with Gasteiger partial charge in [0.2, 0.25) is 0 Å². The van der Waals surface area contributed by atoms with Crippen LogP contribution in [0.1, 0.15) is 24.8 Å².